The summed E-state index contributed by atoms with van der Waals surface area (Å²) >= 11 is 9.38. The van der Waals surface area contributed by atoms with Gasteiger partial charge >= 0.3 is 0 Å². The van der Waals surface area contributed by atoms with E-state index in [4.69, 9.17) is 22.1 Å². The summed E-state index contributed by atoms with van der Waals surface area (Å²) in [5, 5.41) is 0.397. The monoisotopic (exact) mass is 301 g/mol. The van der Waals surface area contributed by atoms with Gasteiger partial charge in [-0.25, -0.2) is 4.98 Å². The third-order valence-corrected chi connectivity index (χ3v) is 2.86. The molecule has 0 fully saturated rings. The molecule has 2 aromatic rings. The van der Waals surface area contributed by atoms with E-state index in [0.29, 0.717) is 16.6 Å². The number of H-pyrrole nitrogens is 1. The Balaban J connectivity index is 2.62. The van der Waals surface area contributed by atoms with Crippen LogP contribution in [-0.2, 0) is 0 Å². The predicted molar refractivity (Wildman–Crippen MR) is 67.7 cm³/mol. The third kappa shape index (κ3) is 2.01. The van der Waals surface area contributed by atoms with Gasteiger partial charge in [0.05, 0.1) is 7.11 Å². The molecule has 0 aliphatic heterocycles. The topological polar surface area (TPSA) is 63.9 Å². The Morgan fingerprint density at radius 1 is 1.50 bits per heavy atom. The molecule has 0 radical (unpaired) electrons. The number of imidazole rings is 1. The molecule has 16 heavy (non-hydrogen) atoms. The summed E-state index contributed by atoms with van der Waals surface area (Å²) in [6, 6.07) is 5.59. The van der Waals surface area contributed by atoms with Crippen LogP contribution < -0.4 is 10.5 Å². The molecule has 6 heteroatoms. The van der Waals surface area contributed by atoms with E-state index in [9.17, 15) is 0 Å². The summed E-state index contributed by atoms with van der Waals surface area (Å²) in [4.78, 5) is 6.86. The van der Waals surface area contributed by atoms with E-state index in [-0.39, 0.29) is 5.95 Å². The van der Waals surface area contributed by atoms with Gasteiger partial charge in [-0.3, -0.25) is 0 Å². The number of nitrogens with zero attached hydrogens (tertiary/aromatic N) is 1. The Morgan fingerprint density at radius 3 is 2.81 bits per heavy atom. The fraction of sp³-hybridized carbons (Fsp3) is 0.100. The molecule has 1 heterocycles. The molecule has 0 saturated heterocycles. The number of benzene rings is 1. The molecule has 0 aliphatic rings. The first-order chi connectivity index (χ1) is 7.61. The Kier molecular flexibility index (Phi) is 3.07. The van der Waals surface area contributed by atoms with Gasteiger partial charge in [-0.05, 0) is 18.2 Å². The van der Waals surface area contributed by atoms with Crippen molar-refractivity contribution < 1.29 is 4.74 Å². The average Bonchev–Trinajstić information content (AvgIpc) is 2.57. The number of aromatic amines is 1. The number of ether oxygens (including phenoxy) is 1. The third-order valence-electron chi connectivity index (χ3n) is 2.09. The highest BCUT2D eigenvalue weighted by molar-refractivity contribution is 9.10. The minimum Gasteiger partial charge on any atom is -0.496 e. The molecule has 0 atom stereocenters. The first-order valence-corrected chi connectivity index (χ1v) is 5.64. The molecule has 0 unspecified atom stereocenters. The van der Waals surface area contributed by atoms with E-state index in [0.717, 1.165) is 10.0 Å². The second-order valence-electron chi connectivity index (χ2n) is 3.13. The fourth-order valence-electron chi connectivity index (χ4n) is 1.41. The Hall–Kier alpha value is -1.20. The van der Waals surface area contributed by atoms with Gasteiger partial charge in [-0.2, -0.15) is 0 Å². The van der Waals surface area contributed by atoms with Gasteiger partial charge in [-0.1, -0.05) is 27.5 Å². The SMILES string of the molecule is COc1ccc(Br)cc1-c1nc(N)[nH]c1Cl. The standard InChI is InChI=1S/C10H9BrClN3O/c1-16-7-3-2-5(11)4-6(7)8-9(12)15-10(13)14-8/h2-4H,1H3,(H3,13,14,15). The van der Waals surface area contributed by atoms with Crippen LogP contribution >= 0.6 is 27.5 Å². The summed E-state index contributed by atoms with van der Waals surface area (Å²) in [5.74, 6) is 0.971. The van der Waals surface area contributed by atoms with Crippen molar-refractivity contribution in [2.75, 3.05) is 12.8 Å². The average molecular weight is 303 g/mol. The molecule has 2 rings (SSSR count). The number of hydrogen-bond donors (Lipinski definition) is 2. The number of methoxy groups -OCH3 is 1. The number of halogens is 2. The van der Waals surface area contributed by atoms with E-state index in [1.165, 1.54) is 0 Å². The van der Waals surface area contributed by atoms with E-state index in [1.807, 2.05) is 18.2 Å². The van der Waals surface area contributed by atoms with Crippen molar-refractivity contribution in [3.8, 4) is 17.0 Å². The van der Waals surface area contributed by atoms with Gasteiger partial charge in [0.2, 0.25) is 0 Å². The summed E-state index contributed by atoms with van der Waals surface area (Å²) < 4.78 is 6.16. The van der Waals surface area contributed by atoms with Crippen LogP contribution in [-0.4, -0.2) is 17.1 Å². The van der Waals surface area contributed by atoms with Crippen LogP contribution in [0.15, 0.2) is 22.7 Å². The molecule has 4 nitrogen and oxygen atoms in total. The van der Waals surface area contributed by atoms with Gasteiger partial charge < -0.3 is 15.5 Å². The number of nitrogens with two attached hydrogens (primary N) is 1. The van der Waals surface area contributed by atoms with Crippen molar-refractivity contribution >= 4 is 33.5 Å². The van der Waals surface area contributed by atoms with Crippen molar-refractivity contribution in [2.45, 2.75) is 0 Å². The number of rotatable bonds is 2. The summed E-state index contributed by atoms with van der Waals surface area (Å²) in [6.07, 6.45) is 0. The van der Waals surface area contributed by atoms with Crippen molar-refractivity contribution in [1.29, 1.82) is 0 Å². The zero-order valence-electron chi connectivity index (χ0n) is 8.42. The quantitative estimate of drug-likeness (QED) is 0.896. The maximum absolute atomic E-state index is 5.99. The van der Waals surface area contributed by atoms with Gasteiger partial charge in [0, 0.05) is 10.0 Å². The van der Waals surface area contributed by atoms with Gasteiger partial charge in [0.15, 0.2) is 5.95 Å². The smallest absolute Gasteiger partial charge is 0.199 e. The molecule has 1 aromatic carbocycles. The Morgan fingerprint density at radius 2 is 2.25 bits per heavy atom. The minimum absolute atomic E-state index is 0.280. The number of anilines is 1. The van der Waals surface area contributed by atoms with E-state index >= 15 is 0 Å². The van der Waals surface area contributed by atoms with Crippen molar-refractivity contribution in [2.24, 2.45) is 0 Å². The summed E-state index contributed by atoms with van der Waals surface area (Å²) in [5.41, 5.74) is 6.91. The van der Waals surface area contributed by atoms with Gasteiger partial charge in [-0.15, -0.1) is 0 Å². The normalized spacial score (nSPS) is 10.4. The highest BCUT2D eigenvalue weighted by Crippen LogP contribution is 2.35. The highest BCUT2D eigenvalue weighted by atomic mass is 79.9. The first-order valence-electron chi connectivity index (χ1n) is 4.46. The van der Waals surface area contributed by atoms with Crippen LogP contribution in [0.1, 0.15) is 0 Å². The largest absolute Gasteiger partial charge is 0.496 e. The fourth-order valence-corrected chi connectivity index (χ4v) is 2.01. The van der Waals surface area contributed by atoms with E-state index < -0.39 is 0 Å². The lowest BCUT2D eigenvalue weighted by atomic mass is 10.1. The number of nitrogen functional groups attached to an aromatic ring is 1. The van der Waals surface area contributed by atoms with E-state index in [1.54, 1.807) is 7.11 Å². The molecular formula is C10H9BrClN3O. The molecule has 3 N–H and O–H groups in total. The minimum atomic E-state index is 0.280. The van der Waals surface area contributed by atoms with Gasteiger partial charge in [0.25, 0.3) is 0 Å². The van der Waals surface area contributed by atoms with Crippen LogP contribution in [0, 0.1) is 0 Å². The Labute approximate surface area is 106 Å². The zero-order valence-corrected chi connectivity index (χ0v) is 10.8. The predicted octanol–water partition coefficient (Wildman–Crippen LogP) is 3.08. The van der Waals surface area contributed by atoms with E-state index in [2.05, 4.69) is 25.9 Å². The lowest BCUT2D eigenvalue weighted by molar-refractivity contribution is 0.416. The highest BCUT2D eigenvalue weighted by Gasteiger charge is 2.14. The lowest BCUT2D eigenvalue weighted by Crippen LogP contribution is -1.89. The molecule has 0 aliphatic carbocycles. The Bertz CT molecular complexity index is 527. The molecule has 0 spiro atoms. The maximum Gasteiger partial charge on any atom is 0.199 e. The second kappa shape index (κ2) is 4.35. The number of hydrogen-bond acceptors (Lipinski definition) is 3. The lowest BCUT2D eigenvalue weighted by Gasteiger charge is -2.06. The van der Waals surface area contributed by atoms with Crippen LogP contribution in [0.2, 0.25) is 5.15 Å². The second-order valence-corrected chi connectivity index (χ2v) is 4.42. The number of aromatic nitrogens is 2. The van der Waals surface area contributed by atoms with Gasteiger partial charge in [0.1, 0.15) is 16.6 Å². The number of nitrogens with one attached hydrogen (secondary N) is 1. The zero-order chi connectivity index (χ0) is 11.7. The van der Waals surface area contributed by atoms with Crippen LogP contribution in [0.3, 0.4) is 0 Å². The first kappa shape index (κ1) is 11.3. The summed E-state index contributed by atoms with van der Waals surface area (Å²) in [6.45, 7) is 0. The van der Waals surface area contributed by atoms with Crippen LogP contribution in [0.25, 0.3) is 11.3 Å². The van der Waals surface area contributed by atoms with Crippen molar-refractivity contribution in [3.63, 3.8) is 0 Å². The van der Waals surface area contributed by atoms with Crippen molar-refractivity contribution in [3.05, 3.63) is 27.8 Å². The molecule has 1 aromatic heterocycles. The maximum atomic E-state index is 5.99. The molecule has 0 bridgehead atoms. The van der Waals surface area contributed by atoms with Crippen LogP contribution in [0.4, 0.5) is 5.95 Å². The molecule has 84 valence electrons. The van der Waals surface area contributed by atoms with Crippen LogP contribution in [0.5, 0.6) is 5.75 Å². The summed E-state index contributed by atoms with van der Waals surface area (Å²) in [7, 11) is 1.59. The molecule has 0 saturated carbocycles. The van der Waals surface area contributed by atoms with Crippen molar-refractivity contribution in [1.82, 2.24) is 9.97 Å². The molecule has 0 amide bonds. The molecular weight excluding hydrogens is 293 g/mol.